The maximum atomic E-state index is 4.61. The van der Waals surface area contributed by atoms with Gasteiger partial charge in [0.25, 0.3) is 0 Å². The zero-order valence-corrected chi connectivity index (χ0v) is 15.0. The molecule has 0 aliphatic carbocycles. The van der Waals surface area contributed by atoms with Gasteiger partial charge in [-0.3, -0.25) is 9.98 Å². The van der Waals surface area contributed by atoms with Gasteiger partial charge in [0.15, 0.2) is 0 Å². The van der Waals surface area contributed by atoms with Gasteiger partial charge in [-0.25, -0.2) is 4.68 Å². The molecule has 0 aliphatic heterocycles. The molecule has 116 valence electrons. The summed E-state index contributed by atoms with van der Waals surface area (Å²) in [4.78, 5) is 9.51. The molecule has 0 saturated heterocycles. The number of halogens is 1. The van der Waals surface area contributed by atoms with Crippen molar-refractivity contribution in [2.75, 3.05) is 6.54 Å². The molecule has 0 aliphatic rings. The number of hydrogen-bond donors (Lipinski definition) is 0. The summed E-state index contributed by atoms with van der Waals surface area (Å²) in [5, 5.41) is 6.69. The molecule has 0 N–H and O–H groups in total. The lowest BCUT2D eigenvalue weighted by Gasteiger charge is -2.03. The number of hydrogen-bond acceptors (Lipinski definition) is 4. The van der Waals surface area contributed by atoms with Gasteiger partial charge < -0.3 is 0 Å². The van der Waals surface area contributed by atoms with Gasteiger partial charge in [0, 0.05) is 39.9 Å². The maximum Gasteiger partial charge on any atom is 0.206 e. The first-order chi connectivity index (χ1) is 11.3. The van der Waals surface area contributed by atoms with Gasteiger partial charge in [-0.1, -0.05) is 34.1 Å². The molecule has 3 rings (SSSR count). The van der Waals surface area contributed by atoms with Crippen LogP contribution in [-0.2, 0) is 0 Å². The third-order valence-electron chi connectivity index (χ3n) is 3.13. The van der Waals surface area contributed by atoms with Crippen LogP contribution in [0.15, 0.2) is 68.7 Å². The Kier molecular flexibility index (Phi) is 5.15. The maximum absolute atomic E-state index is 4.61. The quantitative estimate of drug-likeness (QED) is 0.620. The van der Waals surface area contributed by atoms with Crippen LogP contribution in [0.3, 0.4) is 0 Å². The minimum absolute atomic E-state index is 0.725. The van der Waals surface area contributed by atoms with Gasteiger partial charge in [0.05, 0.1) is 11.9 Å². The predicted octanol–water partition coefficient (Wildman–Crippen LogP) is 4.18. The van der Waals surface area contributed by atoms with E-state index < -0.39 is 0 Å². The van der Waals surface area contributed by atoms with Gasteiger partial charge in [-0.2, -0.15) is 5.10 Å². The van der Waals surface area contributed by atoms with Crippen molar-refractivity contribution < 1.29 is 0 Å². The molecular weight excluding hydrogens is 372 g/mol. The van der Waals surface area contributed by atoms with Gasteiger partial charge in [-0.15, -0.1) is 11.3 Å². The highest BCUT2D eigenvalue weighted by atomic mass is 79.9. The second-order valence-corrected chi connectivity index (χ2v) is 6.48. The van der Waals surface area contributed by atoms with E-state index in [4.69, 9.17) is 0 Å². The van der Waals surface area contributed by atoms with E-state index in [-0.39, 0.29) is 0 Å². The van der Waals surface area contributed by atoms with Crippen LogP contribution in [-0.4, -0.2) is 22.4 Å². The lowest BCUT2D eigenvalue weighted by molar-refractivity contribution is 0.833. The average molecular weight is 387 g/mol. The molecule has 0 saturated carbocycles. The SMILES string of the molecule is CCN=c1scc(-c2ccc(Br)cc2)n1/N=C/c1cccnc1. The van der Waals surface area contributed by atoms with Gasteiger partial charge in [0.1, 0.15) is 0 Å². The predicted molar refractivity (Wildman–Crippen MR) is 98.8 cm³/mol. The van der Waals surface area contributed by atoms with Crippen molar-refractivity contribution in [2.45, 2.75) is 6.92 Å². The zero-order chi connectivity index (χ0) is 16.1. The van der Waals surface area contributed by atoms with Crippen LogP contribution in [0.2, 0.25) is 0 Å². The molecule has 1 aromatic carbocycles. The second kappa shape index (κ2) is 7.48. The number of rotatable bonds is 4. The van der Waals surface area contributed by atoms with Gasteiger partial charge >= 0.3 is 0 Å². The molecule has 6 heteroatoms. The Morgan fingerprint density at radius 3 is 2.78 bits per heavy atom. The summed E-state index contributed by atoms with van der Waals surface area (Å²) in [7, 11) is 0. The lowest BCUT2D eigenvalue weighted by atomic mass is 10.2. The molecule has 0 fully saturated rings. The van der Waals surface area contributed by atoms with Gasteiger partial charge in [0.2, 0.25) is 4.80 Å². The molecule has 23 heavy (non-hydrogen) atoms. The summed E-state index contributed by atoms with van der Waals surface area (Å²) in [6, 6.07) is 12.1. The van der Waals surface area contributed by atoms with Crippen LogP contribution >= 0.6 is 27.3 Å². The first kappa shape index (κ1) is 15.8. The minimum atomic E-state index is 0.725. The number of benzene rings is 1. The summed E-state index contributed by atoms with van der Waals surface area (Å²) in [6.07, 6.45) is 5.34. The Labute approximate surface area is 147 Å². The summed E-state index contributed by atoms with van der Waals surface area (Å²) in [6.45, 7) is 2.75. The monoisotopic (exact) mass is 386 g/mol. The highest BCUT2D eigenvalue weighted by molar-refractivity contribution is 9.10. The summed E-state index contributed by atoms with van der Waals surface area (Å²) in [5.74, 6) is 0. The molecule has 3 aromatic rings. The van der Waals surface area contributed by atoms with E-state index in [2.05, 4.69) is 48.5 Å². The molecule has 2 heterocycles. The largest absolute Gasteiger partial charge is 0.264 e. The van der Waals surface area contributed by atoms with Crippen molar-refractivity contribution in [3.63, 3.8) is 0 Å². The first-order valence-electron chi connectivity index (χ1n) is 7.19. The summed E-state index contributed by atoms with van der Waals surface area (Å²) in [5.41, 5.74) is 3.08. The fourth-order valence-electron chi connectivity index (χ4n) is 2.05. The highest BCUT2D eigenvalue weighted by Crippen LogP contribution is 2.22. The van der Waals surface area contributed by atoms with Crippen molar-refractivity contribution in [2.24, 2.45) is 10.1 Å². The molecule has 0 bridgehead atoms. The molecule has 0 radical (unpaired) electrons. The van der Waals surface area contributed by atoms with Crippen molar-refractivity contribution >= 4 is 33.5 Å². The third kappa shape index (κ3) is 3.83. The third-order valence-corrected chi connectivity index (χ3v) is 4.51. The van der Waals surface area contributed by atoms with Crippen LogP contribution in [0.1, 0.15) is 12.5 Å². The Morgan fingerprint density at radius 1 is 1.26 bits per heavy atom. The molecule has 0 atom stereocenters. The number of nitrogens with zero attached hydrogens (tertiary/aromatic N) is 4. The van der Waals surface area contributed by atoms with Crippen molar-refractivity contribution in [1.82, 2.24) is 9.66 Å². The Hall–Kier alpha value is -2.05. The fourth-order valence-corrected chi connectivity index (χ4v) is 3.22. The van der Waals surface area contributed by atoms with Crippen molar-refractivity contribution in [1.29, 1.82) is 0 Å². The number of thiazole rings is 1. The van der Waals surface area contributed by atoms with Crippen molar-refractivity contribution in [3.05, 3.63) is 69.0 Å². The van der Waals surface area contributed by atoms with Crippen LogP contribution in [0.4, 0.5) is 0 Å². The van der Waals surface area contributed by atoms with Crippen LogP contribution in [0.5, 0.6) is 0 Å². The molecule has 4 nitrogen and oxygen atoms in total. The Morgan fingerprint density at radius 2 is 2.09 bits per heavy atom. The van der Waals surface area contributed by atoms with Gasteiger partial charge in [-0.05, 0) is 25.1 Å². The topological polar surface area (TPSA) is 42.5 Å². The van der Waals surface area contributed by atoms with Crippen molar-refractivity contribution in [3.8, 4) is 11.3 Å². The molecule has 0 spiro atoms. The zero-order valence-electron chi connectivity index (χ0n) is 12.6. The highest BCUT2D eigenvalue weighted by Gasteiger charge is 2.07. The minimum Gasteiger partial charge on any atom is -0.264 e. The standard InChI is InChI=1S/C17H15BrN4S/c1-2-20-17-22(21-11-13-4-3-9-19-10-13)16(12-23-17)14-5-7-15(18)8-6-14/h3-12H,2H2,1H3/b20-17?,21-11+. The Balaban J connectivity index is 2.06. The first-order valence-corrected chi connectivity index (χ1v) is 8.86. The molecule has 0 amide bonds. The van der Waals surface area contributed by atoms with E-state index in [0.29, 0.717) is 0 Å². The van der Waals surface area contributed by atoms with E-state index in [1.54, 1.807) is 29.9 Å². The van der Waals surface area contributed by atoms with E-state index >= 15 is 0 Å². The van der Waals surface area contributed by atoms with E-state index in [9.17, 15) is 0 Å². The van der Waals surface area contributed by atoms with Crippen LogP contribution in [0.25, 0.3) is 11.3 Å². The second-order valence-electron chi connectivity index (χ2n) is 4.73. The smallest absolute Gasteiger partial charge is 0.206 e. The summed E-state index contributed by atoms with van der Waals surface area (Å²) < 4.78 is 2.94. The Bertz CT molecular complexity index is 864. The molecular formula is C17H15BrN4S. The average Bonchev–Trinajstić information content (AvgIpc) is 2.98. The van der Waals surface area contributed by atoms with E-state index in [1.165, 1.54) is 0 Å². The van der Waals surface area contributed by atoms with E-state index in [1.807, 2.05) is 35.9 Å². The van der Waals surface area contributed by atoms with Crippen LogP contribution in [0, 0.1) is 0 Å². The fraction of sp³-hybridized carbons (Fsp3) is 0.118. The molecule has 0 unspecified atom stereocenters. The normalized spacial score (nSPS) is 12.2. The lowest BCUT2D eigenvalue weighted by Crippen LogP contribution is -2.12. The van der Waals surface area contributed by atoms with Crippen LogP contribution < -0.4 is 4.80 Å². The molecule has 2 aromatic heterocycles. The van der Waals surface area contributed by atoms with E-state index in [0.717, 1.165) is 32.6 Å². The summed E-state index contributed by atoms with van der Waals surface area (Å²) >= 11 is 5.06. The number of pyridine rings is 1. The number of aromatic nitrogens is 2.